The molecule has 1 rings (SSSR count). The van der Waals surface area contributed by atoms with E-state index in [9.17, 15) is 9.59 Å². The van der Waals surface area contributed by atoms with Gasteiger partial charge < -0.3 is 9.64 Å². The highest BCUT2D eigenvalue weighted by atomic mass is 32.2. The Balaban J connectivity index is 2.46. The predicted octanol–water partition coefficient (Wildman–Crippen LogP) is 2.89. The topological polar surface area (TPSA) is 46.6 Å². The second kappa shape index (κ2) is 8.72. The highest BCUT2D eigenvalue weighted by Gasteiger charge is 2.18. The number of thioether (sulfide) groups is 1. The van der Waals surface area contributed by atoms with Crippen LogP contribution in [0, 0.1) is 0 Å². The van der Waals surface area contributed by atoms with Gasteiger partial charge >= 0.3 is 5.97 Å². The van der Waals surface area contributed by atoms with E-state index in [0.717, 1.165) is 5.56 Å². The molecule has 0 heterocycles. The first kappa shape index (κ1) is 17.6. The average molecular weight is 309 g/mol. The summed E-state index contributed by atoms with van der Waals surface area (Å²) in [5, 5.41) is 0.0711. The molecule has 2 unspecified atom stereocenters. The van der Waals surface area contributed by atoms with E-state index < -0.39 is 0 Å². The molecule has 1 aromatic carbocycles. The van der Waals surface area contributed by atoms with Crippen LogP contribution in [-0.2, 0) is 14.3 Å². The molecule has 116 valence electrons. The molecule has 0 fully saturated rings. The number of hydrogen-bond acceptors (Lipinski definition) is 4. The van der Waals surface area contributed by atoms with E-state index in [4.69, 9.17) is 0 Å². The van der Waals surface area contributed by atoms with Crippen molar-refractivity contribution in [3.63, 3.8) is 0 Å². The second-order valence-corrected chi connectivity index (χ2v) is 6.42. The van der Waals surface area contributed by atoms with Crippen LogP contribution in [0.4, 0.5) is 0 Å². The Morgan fingerprint density at radius 1 is 1.24 bits per heavy atom. The molecule has 0 bridgehead atoms. The van der Waals surface area contributed by atoms with Crippen molar-refractivity contribution in [3.8, 4) is 0 Å². The van der Waals surface area contributed by atoms with E-state index in [1.54, 1.807) is 4.90 Å². The summed E-state index contributed by atoms with van der Waals surface area (Å²) >= 11 is 1.48. The van der Waals surface area contributed by atoms with Gasteiger partial charge in [0.05, 0.1) is 25.3 Å². The normalized spacial score (nSPS) is 13.3. The quantitative estimate of drug-likeness (QED) is 0.727. The van der Waals surface area contributed by atoms with Crippen LogP contribution in [0.15, 0.2) is 30.3 Å². The maximum atomic E-state index is 12.2. The van der Waals surface area contributed by atoms with Crippen LogP contribution in [0.25, 0.3) is 0 Å². The molecule has 0 saturated heterocycles. The first-order chi connectivity index (χ1) is 9.95. The van der Waals surface area contributed by atoms with E-state index in [1.165, 1.54) is 18.9 Å². The van der Waals surface area contributed by atoms with Gasteiger partial charge in [-0.05, 0) is 12.5 Å². The zero-order chi connectivity index (χ0) is 15.8. The lowest BCUT2D eigenvalue weighted by molar-refractivity contribution is -0.140. The van der Waals surface area contributed by atoms with E-state index in [0.29, 0.717) is 12.2 Å². The number of esters is 1. The smallest absolute Gasteiger partial charge is 0.306 e. The molecule has 21 heavy (non-hydrogen) atoms. The van der Waals surface area contributed by atoms with Crippen molar-refractivity contribution in [1.82, 2.24) is 4.90 Å². The van der Waals surface area contributed by atoms with E-state index in [2.05, 4.69) is 4.74 Å². The molecule has 0 N–H and O–H groups in total. The van der Waals surface area contributed by atoms with Crippen LogP contribution in [0.1, 0.15) is 31.9 Å². The minimum atomic E-state index is -0.242. The predicted molar refractivity (Wildman–Crippen MR) is 86.2 cm³/mol. The number of methoxy groups -OCH3 is 1. The summed E-state index contributed by atoms with van der Waals surface area (Å²) in [7, 11) is 3.19. The number of amides is 1. The van der Waals surface area contributed by atoms with Crippen LogP contribution in [0.5, 0.6) is 0 Å². The van der Waals surface area contributed by atoms with Crippen LogP contribution < -0.4 is 0 Å². The zero-order valence-electron chi connectivity index (χ0n) is 13.0. The SMILES string of the molecule is COC(=O)CC(C)SCC(=O)N(C)C(C)c1ccccc1. The fraction of sp³-hybridized carbons (Fsp3) is 0.500. The molecule has 1 amide bonds. The van der Waals surface area contributed by atoms with Crippen molar-refractivity contribution in [1.29, 1.82) is 0 Å². The standard InChI is InChI=1S/C16H23NO3S/c1-12(10-16(19)20-4)21-11-15(18)17(3)13(2)14-8-6-5-7-9-14/h5-9,12-13H,10-11H2,1-4H3. The number of nitrogens with zero attached hydrogens (tertiary/aromatic N) is 1. The van der Waals surface area contributed by atoms with Crippen molar-refractivity contribution in [2.24, 2.45) is 0 Å². The Hall–Kier alpha value is -1.49. The summed E-state index contributed by atoms with van der Waals surface area (Å²) in [5.74, 6) is 0.188. The molecule has 5 heteroatoms. The summed E-state index contributed by atoms with van der Waals surface area (Å²) in [6.07, 6.45) is 0.326. The Kier molecular flexibility index (Phi) is 7.29. The lowest BCUT2D eigenvalue weighted by atomic mass is 10.1. The largest absolute Gasteiger partial charge is 0.469 e. The fourth-order valence-electron chi connectivity index (χ4n) is 1.86. The minimum absolute atomic E-state index is 0.0372. The lowest BCUT2D eigenvalue weighted by Crippen LogP contribution is -2.31. The van der Waals surface area contributed by atoms with Crippen molar-refractivity contribution in [2.45, 2.75) is 31.6 Å². The van der Waals surface area contributed by atoms with Crippen molar-refractivity contribution >= 4 is 23.6 Å². The number of hydrogen-bond donors (Lipinski definition) is 0. The monoisotopic (exact) mass is 309 g/mol. The van der Waals surface area contributed by atoms with E-state index in [-0.39, 0.29) is 23.2 Å². The third-order valence-electron chi connectivity index (χ3n) is 3.43. The molecule has 0 spiro atoms. The summed E-state index contributed by atoms with van der Waals surface area (Å²) in [4.78, 5) is 25.1. The Bertz CT molecular complexity index is 464. The van der Waals surface area contributed by atoms with Crippen molar-refractivity contribution < 1.29 is 14.3 Å². The number of ether oxygens (including phenoxy) is 1. The molecule has 0 aliphatic rings. The minimum Gasteiger partial charge on any atom is -0.469 e. The molecule has 0 saturated carbocycles. The summed E-state index contributed by atoms with van der Waals surface area (Å²) in [5.41, 5.74) is 1.11. The van der Waals surface area contributed by atoms with Gasteiger partial charge in [-0.25, -0.2) is 0 Å². The van der Waals surface area contributed by atoms with Crippen molar-refractivity contribution in [2.75, 3.05) is 19.9 Å². The third-order valence-corrected chi connectivity index (χ3v) is 4.58. The maximum absolute atomic E-state index is 12.2. The molecule has 0 aliphatic heterocycles. The Morgan fingerprint density at radius 3 is 2.43 bits per heavy atom. The summed E-state index contributed by atoms with van der Waals surface area (Å²) < 4.78 is 4.62. The van der Waals surface area contributed by atoms with Crippen LogP contribution in [-0.4, -0.2) is 41.9 Å². The Labute approximate surface area is 130 Å². The average Bonchev–Trinajstić information content (AvgIpc) is 2.51. The molecule has 2 atom stereocenters. The van der Waals surface area contributed by atoms with Gasteiger partial charge in [-0.15, -0.1) is 11.8 Å². The first-order valence-electron chi connectivity index (χ1n) is 6.94. The lowest BCUT2D eigenvalue weighted by Gasteiger charge is -2.25. The highest BCUT2D eigenvalue weighted by molar-refractivity contribution is 8.00. The molecular formula is C16H23NO3S. The van der Waals surface area contributed by atoms with Gasteiger partial charge in [0.15, 0.2) is 0 Å². The number of rotatable bonds is 7. The maximum Gasteiger partial charge on any atom is 0.306 e. The summed E-state index contributed by atoms with van der Waals surface area (Å²) in [6.45, 7) is 3.94. The number of benzene rings is 1. The van der Waals surface area contributed by atoms with Gasteiger partial charge in [-0.1, -0.05) is 37.3 Å². The van der Waals surface area contributed by atoms with Gasteiger partial charge in [0.2, 0.25) is 5.91 Å². The highest BCUT2D eigenvalue weighted by Crippen LogP contribution is 2.21. The second-order valence-electron chi connectivity index (χ2n) is 4.99. The zero-order valence-corrected chi connectivity index (χ0v) is 13.9. The first-order valence-corrected chi connectivity index (χ1v) is 7.99. The summed E-state index contributed by atoms with van der Waals surface area (Å²) in [6, 6.07) is 9.97. The van der Waals surface area contributed by atoms with Crippen molar-refractivity contribution in [3.05, 3.63) is 35.9 Å². The van der Waals surface area contributed by atoms with Gasteiger partial charge in [0.1, 0.15) is 0 Å². The third kappa shape index (κ3) is 5.79. The van der Waals surface area contributed by atoms with Gasteiger partial charge in [0, 0.05) is 12.3 Å². The van der Waals surface area contributed by atoms with Crippen LogP contribution >= 0.6 is 11.8 Å². The van der Waals surface area contributed by atoms with E-state index >= 15 is 0 Å². The molecular weight excluding hydrogens is 286 g/mol. The van der Waals surface area contributed by atoms with Gasteiger partial charge in [-0.2, -0.15) is 0 Å². The van der Waals surface area contributed by atoms with Crippen LogP contribution in [0.3, 0.4) is 0 Å². The molecule has 0 radical (unpaired) electrons. The molecule has 4 nitrogen and oxygen atoms in total. The number of carbonyl (C=O) groups is 2. The molecule has 0 aromatic heterocycles. The van der Waals surface area contributed by atoms with E-state index in [1.807, 2.05) is 51.2 Å². The molecule has 1 aromatic rings. The Morgan fingerprint density at radius 2 is 1.86 bits per heavy atom. The number of carbonyl (C=O) groups excluding carboxylic acids is 2. The molecule has 0 aliphatic carbocycles. The van der Waals surface area contributed by atoms with Gasteiger partial charge in [0.25, 0.3) is 0 Å². The van der Waals surface area contributed by atoms with Gasteiger partial charge in [-0.3, -0.25) is 9.59 Å². The fourth-order valence-corrected chi connectivity index (χ4v) is 2.75. The van der Waals surface area contributed by atoms with Crippen LogP contribution in [0.2, 0.25) is 0 Å².